The summed E-state index contributed by atoms with van der Waals surface area (Å²) in [4.78, 5) is 6.05. The maximum atomic E-state index is 14.7. The lowest BCUT2D eigenvalue weighted by molar-refractivity contribution is -0.0224. The summed E-state index contributed by atoms with van der Waals surface area (Å²) in [7, 11) is 0. The van der Waals surface area contributed by atoms with E-state index in [1.807, 2.05) is 24.3 Å². The van der Waals surface area contributed by atoms with Gasteiger partial charge in [-0.25, -0.2) is 18.4 Å². The molecule has 0 aliphatic carbocycles. The molecular formula is C25H31BrF2N4O2. The van der Waals surface area contributed by atoms with Crippen molar-refractivity contribution in [1.82, 2.24) is 19.7 Å². The molecule has 0 radical (unpaired) electrons. The van der Waals surface area contributed by atoms with Gasteiger partial charge in [0.15, 0.2) is 0 Å². The number of nitrogens with zero attached hydrogens (tertiary/aromatic N) is 4. The third-order valence-electron chi connectivity index (χ3n) is 5.59. The standard InChI is InChI=1S/C25H31BrF2N4O2/c1-2-3-12-31(13-4-5-14-34-22-9-6-20(26)7-10-22)16-25(33,17-32-19-29-18-30-32)23-11-8-21(27)15-24(23)28/h6-11,15,18-19,33H,2-5,12-14,16-17H2,1H3. The Hall–Kier alpha value is -2.36. The van der Waals surface area contributed by atoms with Crippen LogP contribution >= 0.6 is 15.9 Å². The summed E-state index contributed by atoms with van der Waals surface area (Å²) in [6.07, 6.45) is 6.47. The molecule has 0 fully saturated rings. The fraction of sp³-hybridized carbons (Fsp3) is 0.440. The maximum Gasteiger partial charge on any atom is 0.137 e. The summed E-state index contributed by atoms with van der Waals surface area (Å²) < 4.78 is 36.5. The average molecular weight is 537 g/mol. The van der Waals surface area contributed by atoms with Crippen molar-refractivity contribution in [3.63, 3.8) is 0 Å². The van der Waals surface area contributed by atoms with Gasteiger partial charge in [-0.05, 0) is 62.7 Å². The van der Waals surface area contributed by atoms with Gasteiger partial charge in [-0.15, -0.1) is 0 Å². The van der Waals surface area contributed by atoms with Crippen LogP contribution in [0.3, 0.4) is 0 Å². The van der Waals surface area contributed by atoms with E-state index in [1.54, 1.807) is 0 Å². The zero-order valence-corrected chi connectivity index (χ0v) is 20.9. The quantitative estimate of drug-likeness (QED) is 0.288. The summed E-state index contributed by atoms with van der Waals surface area (Å²) in [6.45, 7) is 4.34. The van der Waals surface area contributed by atoms with Gasteiger partial charge in [0.05, 0.1) is 13.2 Å². The minimum Gasteiger partial charge on any atom is -0.494 e. The molecule has 1 atom stereocenters. The first kappa shape index (κ1) is 26.2. The van der Waals surface area contributed by atoms with Gasteiger partial charge in [0.2, 0.25) is 0 Å². The first-order chi connectivity index (χ1) is 16.4. The van der Waals surface area contributed by atoms with E-state index in [9.17, 15) is 13.9 Å². The third kappa shape index (κ3) is 7.85. The number of rotatable bonds is 14. The van der Waals surface area contributed by atoms with Crippen LogP contribution in [0, 0.1) is 11.6 Å². The van der Waals surface area contributed by atoms with Crippen LogP contribution in [0.15, 0.2) is 59.6 Å². The molecule has 3 rings (SSSR count). The summed E-state index contributed by atoms with van der Waals surface area (Å²) >= 11 is 3.41. The molecule has 0 aliphatic rings. The molecule has 0 saturated carbocycles. The number of aliphatic hydroxyl groups is 1. The van der Waals surface area contributed by atoms with Crippen LogP contribution in [0.5, 0.6) is 5.75 Å². The van der Waals surface area contributed by atoms with E-state index in [0.717, 1.165) is 48.5 Å². The minimum atomic E-state index is -1.60. The molecule has 0 bridgehead atoms. The van der Waals surface area contributed by atoms with Gasteiger partial charge in [0, 0.05) is 22.6 Å². The molecule has 0 amide bonds. The lowest BCUT2D eigenvalue weighted by Gasteiger charge is -2.35. The second-order valence-corrected chi connectivity index (χ2v) is 9.30. The average Bonchev–Trinajstić information content (AvgIpc) is 3.30. The van der Waals surface area contributed by atoms with Crippen LogP contribution < -0.4 is 4.74 Å². The van der Waals surface area contributed by atoms with Crippen molar-refractivity contribution in [3.05, 3.63) is 76.8 Å². The summed E-state index contributed by atoms with van der Waals surface area (Å²) in [5.41, 5.74) is -1.56. The molecule has 0 spiro atoms. The first-order valence-electron chi connectivity index (χ1n) is 11.5. The zero-order valence-electron chi connectivity index (χ0n) is 19.3. The molecule has 1 aromatic heterocycles. The molecule has 1 N–H and O–H groups in total. The Labute approximate surface area is 207 Å². The smallest absolute Gasteiger partial charge is 0.137 e. The Kier molecular flexibility index (Phi) is 9.98. The lowest BCUT2D eigenvalue weighted by atomic mass is 9.92. The Balaban J connectivity index is 1.66. The molecule has 0 saturated heterocycles. The van der Waals surface area contributed by atoms with E-state index >= 15 is 0 Å². The largest absolute Gasteiger partial charge is 0.494 e. The SMILES string of the molecule is CCCCN(CCCCOc1ccc(Br)cc1)CC(O)(Cn1cncn1)c1ccc(F)cc1F. The molecular weight excluding hydrogens is 506 g/mol. The molecule has 0 aliphatic heterocycles. The Morgan fingerprint density at radius 3 is 2.53 bits per heavy atom. The highest BCUT2D eigenvalue weighted by atomic mass is 79.9. The lowest BCUT2D eigenvalue weighted by Crippen LogP contribution is -2.45. The van der Waals surface area contributed by atoms with E-state index in [4.69, 9.17) is 4.74 Å². The van der Waals surface area contributed by atoms with Crippen LogP contribution in [-0.2, 0) is 12.1 Å². The number of unbranched alkanes of at least 4 members (excludes halogenated alkanes) is 2. The molecule has 9 heteroatoms. The molecule has 3 aromatic rings. The van der Waals surface area contributed by atoms with Crippen LogP contribution in [0.1, 0.15) is 38.2 Å². The first-order valence-corrected chi connectivity index (χ1v) is 12.3. The highest BCUT2D eigenvalue weighted by Gasteiger charge is 2.35. The Morgan fingerprint density at radius 1 is 1.09 bits per heavy atom. The van der Waals surface area contributed by atoms with Gasteiger partial charge >= 0.3 is 0 Å². The van der Waals surface area contributed by atoms with Gasteiger partial charge in [-0.1, -0.05) is 35.3 Å². The van der Waals surface area contributed by atoms with E-state index in [1.165, 1.54) is 29.5 Å². The molecule has 184 valence electrons. The Bertz CT molecular complexity index is 1000. The normalized spacial score (nSPS) is 13.2. The van der Waals surface area contributed by atoms with Crippen LogP contribution in [0.25, 0.3) is 0 Å². The molecule has 6 nitrogen and oxygen atoms in total. The van der Waals surface area contributed by atoms with E-state index in [-0.39, 0.29) is 18.7 Å². The zero-order chi connectivity index (χ0) is 24.4. The predicted molar refractivity (Wildman–Crippen MR) is 130 cm³/mol. The van der Waals surface area contributed by atoms with Gasteiger partial charge in [0.1, 0.15) is 35.6 Å². The highest BCUT2D eigenvalue weighted by molar-refractivity contribution is 9.10. The van der Waals surface area contributed by atoms with Gasteiger partial charge in [-0.3, -0.25) is 0 Å². The number of ether oxygens (including phenoxy) is 1. The van der Waals surface area contributed by atoms with Crippen molar-refractivity contribution in [3.8, 4) is 5.75 Å². The van der Waals surface area contributed by atoms with E-state index < -0.39 is 17.2 Å². The summed E-state index contributed by atoms with van der Waals surface area (Å²) in [5, 5.41) is 15.7. The summed E-state index contributed by atoms with van der Waals surface area (Å²) in [5.74, 6) is -0.640. The third-order valence-corrected chi connectivity index (χ3v) is 6.12. The highest BCUT2D eigenvalue weighted by Crippen LogP contribution is 2.28. The number of benzene rings is 2. The van der Waals surface area contributed by atoms with Crippen molar-refractivity contribution in [2.45, 2.75) is 44.8 Å². The number of hydrogen-bond acceptors (Lipinski definition) is 5. The van der Waals surface area contributed by atoms with Crippen molar-refractivity contribution < 1.29 is 18.6 Å². The number of hydrogen-bond donors (Lipinski definition) is 1. The minimum absolute atomic E-state index is 0.00482. The van der Waals surface area contributed by atoms with Crippen molar-refractivity contribution >= 4 is 15.9 Å². The topological polar surface area (TPSA) is 63.4 Å². The summed E-state index contributed by atoms with van der Waals surface area (Å²) in [6, 6.07) is 11.0. The van der Waals surface area contributed by atoms with Crippen LogP contribution in [0.2, 0.25) is 0 Å². The van der Waals surface area contributed by atoms with Crippen molar-refractivity contribution in [1.29, 1.82) is 0 Å². The van der Waals surface area contributed by atoms with Gasteiger partial charge in [0.25, 0.3) is 0 Å². The number of aromatic nitrogens is 3. The Morgan fingerprint density at radius 2 is 1.85 bits per heavy atom. The molecule has 1 unspecified atom stereocenters. The fourth-order valence-corrected chi connectivity index (χ4v) is 4.11. The molecule has 1 heterocycles. The van der Waals surface area contributed by atoms with Crippen LogP contribution in [-0.4, -0.2) is 51.0 Å². The van der Waals surface area contributed by atoms with Crippen molar-refractivity contribution in [2.24, 2.45) is 0 Å². The number of halogens is 3. The second-order valence-electron chi connectivity index (χ2n) is 8.39. The maximum absolute atomic E-state index is 14.7. The van der Waals surface area contributed by atoms with Crippen molar-refractivity contribution in [2.75, 3.05) is 26.2 Å². The molecule has 2 aromatic carbocycles. The van der Waals surface area contributed by atoms with Gasteiger partial charge in [-0.2, -0.15) is 5.10 Å². The van der Waals surface area contributed by atoms with Crippen LogP contribution in [0.4, 0.5) is 8.78 Å². The van der Waals surface area contributed by atoms with E-state index in [2.05, 4.69) is 37.8 Å². The van der Waals surface area contributed by atoms with Gasteiger partial charge < -0.3 is 14.7 Å². The monoisotopic (exact) mass is 536 g/mol. The van der Waals surface area contributed by atoms with E-state index in [0.29, 0.717) is 13.2 Å². The molecule has 34 heavy (non-hydrogen) atoms. The predicted octanol–water partition coefficient (Wildman–Crippen LogP) is 5.17. The second kappa shape index (κ2) is 12.9. The fourth-order valence-electron chi connectivity index (χ4n) is 3.85.